The number of methoxy groups -OCH3 is 1. The van der Waals surface area contributed by atoms with E-state index in [1.165, 1.54) is 7.11 Å². The standard InChI is InChI=1S/C19H24F2N4O2/c1-27-18(14-5-3-2-4-6-14)19(26)23-17-7-10-22-25(17)15-8-11-24(12-9-15)13-16(20)21/h2-7,10,15-16,18H,8-9,11-13H2,1H3,(H,23,26)/t18-/m0/s1. The molecule has 27 heavy (non-hydrogen) atoms. The minimum Gasteiger partial charge on any atom is -0.367 e. The van der Waals surface area contributed by atoms with Gasteiger partial charge in [-0.1, -0.05) is 30.3 Å². The Bertz CT molecular complexity index is 730. The summed E-state index contributed by atoms with van der Waals surface area (Å²) in [6.07, 6.45) is 0.0196. The summed E-state index contributed by atoms with van der Waals surface area (Å²) in [5.74, 6) is 0.311. The number of hydrogen-bond acceptors (Lipinski definition) is 4. The van der Waals surface area contributed by atoms with Crippen LogP contribution in [0, 0.1) is 0 Å². The summed E-state index contributed by atoms with van der Waals surface area (Å²) in [6.45, 7) is 0.988. The molecule has 1 N–H and O–H groups in total. The molecule has 0 radical (unpaired) electrons. The van der Waals surface area contributed by atoms with Crippen molar-refractivity contribution in [3.63, 3.8) is 0 Å². The first kappa shape index (κ1) is 19.4. The largest absolute Gasteiger partial charge is 0.367 e. The summed E-state index contributed by atoms with van der Waals surface area (Å²) < 4.78 is 32.2. The van der Waals surface area contributed by atoms with Crippen molar-refractivity contribution in [2.75, 3.05) is 32.1 Å². The number of carbonyl (C=O) groups is 1. The highest BCUT2D eigenvalue weighted by atomic mass is 19.3. The third-order valence-corrected chi connectivity index (χ3v) is 4.80. The number of nitrogens with zero attached hydrogens (tertiary/aromatic N) is 3. The van der Waals surface area contributed by atoms with Crippen molar-refractivity contribution >= 4 is 11.7 Å². The van der Waals surface area contributed by atoms with E-state index in [1.807, 2.05) is 30.3 Å². The van der Waals surface area contributed by atoms with E-state index in [9.17, 15) is 13.6 Å². The molecule has 0 saturated carbocycles. The van der Waals surface area contributed by atoms with E-state index in [0.29, 0.717) is 31.7 Å². The summed E-state index contributed by atoms with van der Waals surface area (Å²) in [5, 5.41) is 7.21. The van der Waals surface area contributed by atoms with E-state index in [0.717, 1.165) is 5.56 Å². The molecule has 0 bridgehead atoms. The number of hydrogen-bond donors (Lipinski definition) is 1. The molecule has 1 aromatic carbocycles. The second-order valence-electron chi connectivity index (χ2n) is 6.60. The van der Waals surface area contributed by atoms with Gasteiger partial charge in [-0.05, 0) is 18.4 Å². The molecule has 3 rings (SSSR count). The maximum atomic E-state index is 12.7. The number of carbonyl (C=O) groups excluding carboxylic acids is 1. The Morgan fingerprint density at radius 3 is 2.59 bits per heavy atom. The maximum absolute atomic E-state index is 12.7. The summed E-state index contributed by atoms with van der Waals surface area (Å²) >= 11 is 0. The molecule has 6 nitrogen and oxygen atoms in total. The van der Waals surface area contributed by atoms with Crippen molar-refractivity contribution in [2.24, 2.45) is 0 Å². The van der Waals surface area contributed by atoms with Crippen LogP contribution >= 0.6 is 0 Å². The highest BCUT2D eigenvalue weighted by Gasteiger charge is 2.26. The molecule has 146 valence electrons. The number of anilines is 1. The van der Waals surface area contributed by atoms with Gasteiger partial charge in [0.25, 0.3) is 12.3 Å². The Morgan fingerprint density at radius 2 is 1.96 bits per heavy atom. The van der Waals surface area contributed by atoms with Crippen LogP contribution in [-0.4, -0.2) is 53.8 Å². The van der Waals surface area contributed by atoms with E-state index < -0.39 is 12.5 Å². The third-order valence-electron chi connectivity index (χ3n) is 4.80. The zero-order valence-corrected chi connectivity index (χ0v) is 15.2. The second kappa shape index (κ2) is 9.05. The SMILES string of the molecule is CO[C@H](C(=O)Nc1ccnn1C1CCN(CC(F)F)CC1)c1ccccc1. The Hall–Kier alpha value is -2.32. The first-order chi connectivity index (χ1) is 13.1. The van der Waals surface area contributed by atoms with Crippen LogP contribution in [0.2, 0.25) is 0 Å². The molecule has 1 atom stereocenters. The Morgan fingerprint density at radius 1 is 1.26 bits per heavy atom. The zero-order valence-electron chi connectivity index (χ0n) is 15.2. The minimum absolute atomic E-state index is 0.0712. The number of piperidine rings is 1. The second-order valence-corrected chi connectivity index (χ2v) is 6.60. The van der Waals surface area contributed by atoms with Crippen molar-refractivity contribution in [1.29, 1.82) is 0 Å². The van der Waals surface area contributed by atoms with E-state index in [-0.39, 0.29) is 18.5 Å². The van der Waals surface area contributed by atoms with Crippen LogP contribution in [-0.2, 0) is 9.53 Å². The monoisotopic (exact) mass is 378 g/mol. The molecule has 0 aliphatic carbocycles. The molecule has 1 aliphatic heterocycles. The molecule has 8 heteroatoms. The molecule has 0 unspecified atom stereocenters. The molecule has 2 heterocycles. The molecular weight excluding hydrogens is 354 g/mol. The van der Waals surface area contributed by atoms with Gasteiger partial charge in [0, 0.05) is 26.3 Å². The molecule has 1 fully saturated rings. The quantitative estimate of drug-likeness (QED) is 0.804. The highest BCUT2D eigenvalue weighted by molar-refractivity contribution is 5.94. The first-order valence-electron chi connectivity index (χ1n) is 9.01. The number of amides is 1. The van der Waals surface area contributed by atoms with Gasteiger partial charge in [0.1, 0.15) is 5.82 Å². The van der Waals surface area contributed by atoms with Gasteiger partial charge >= 0.3 is 0 Å². The average molecular weight is 378 g/mol. The highest BCUT2D eigenvalue weighted by Crippen LogP contribution is 2.26. The van der Waals surface area contributed by atoms with E-state index in [2.05, 4.69) is 10.4 Å². The van der Waals surface area contributed by atoms with Crippen LogP contribution in [0.25, 0.3) is 0 Å². The van der Waals surface area contributed by atoms with Crippen LogP contribution in [0.3, 0.4) is 0 Å². The predicted octanol–water partition coefficient (Wildman–Crippen LogP) is 3.11. The van der Waals surface area contributed by atoms with Crippen molar-refractivity contribution in [3.8, 4) is 0 Å². The number of aromatic nitrogens is 2. The Kier molecular flexibility index (Phi) is 6.52. The number of likely N-dealkylation sites (tertiary alicyclic amines) is 1. The molecule has 1 aliphatic rings. The van der Waals surface area contributed by atoms with Crippen LogP contribution in [0.15, 0.2) is 42.6 Å². The van der Waals surface area contributed by atoms with Gasteiger partial charge in [0.2, 0.25) is 0 Å². The van der Waals surface area contributed by atoms with Crippen molar-refractivity contribution in [1.82, 2.24) is 14.7 Å². The molecule has 2 aromatic rings. The molecular formula is C19H24F2N4O2. The average Bonchev–Trinajstić information content (AvgIpc) is 3.11. The number of rotatable bonds is 7. The number of ether oxygens (including phenoxy) is 1. The van der Waals surface area contributed by atoms with Crippen LogP contribution in [0.5, 0.6) is 0 Å². The summed E-state index contributed by atoms with van der Waals surface area (Å²) in [7, 11) is 1.49. The molecule has 1 amide bonds. The summed E-state index contributed by atoms with van der Waals surface area (Å²) in [6, 6.07) is 11.1. The van der Waals surface area contributed by atoms with Crippen molar-refractivity contribution < 1.29 is 18.3 Å². The minimum atomic E-state index is -2.31. The smallest absolute Gasteiger partial charge is 0.259 e. The predicted molar refractivity (Wildman–Crippen MR) is 97.8 cm³/mol. The fourth-order valence-corrected chi connectivity index (χ4v) is 3.46. The normalized spacial score (nSPS) is 17.2. The molecule has 1 saturated heterocycles. The van der Waals surface area contributed by atoms with E-state index in [1.54, 1.807) is 21.8 Å². The first-order valence-corrected chi connectivity index (χ1v) is 9.01. The van der Waals surface area contributed by atoms with Gasteiger partial charge in [-0.3, -0.25) is 9.69 Å². The van der Waals surface area contributed by atoms with Gasteiger partial charge in [0.05, 0.1) is 18.8 Å². The third kappa shape index (κ3) is 4.90. The lowest BCUT2D eigenvalue weighted by atomic mass is 10.1. The van der Waals surface area contributed by atoms with Crippen molar-refractivity contribution in [3.05, 3.63) is 48.2 Å². The van der Waals surface area contributed by atoms with Gasteiger partial charge < -0.3 is 10.1 Å². The lowest BCUT2D eigenvalue weighted by molar-refractivity contribution is -0.126. The Balaban J connectivity index is 1.64. The molecule has 0 spiro atoms. The van der Waals surface area contributed by atoms with Gasteiger partial charge in [-0.2, -0.15) is 5.10 Å². The van der Waals surface area contributed by atoms with Crippen molar-refractivity contribution in [2.45, 2.75) is 31.4 Å². The Labute approximate surface area is 157 Å². The van der Waals surface area contributed by atoms with E-state index >= 15 is 0 Å². The molecule has 1 aromatic heterocycles. The van der Waals surface area contributed by atoms with Crippen LogP contribution in [0.4, 0.5) is 14.6 Å². The number of halogens is 2. The fraction of sp³-hybridized carbons (Fsp3) is 0.474. The summed E-state index contributed by atoms with van der Waals surface area (Å²) in [4.78, 5) is 14.4. The lowest BCUT2D eigenvalue weighted by Crippen LogP contribution is -2.38. The number of alkyl halides is 2. The maximum Gasteiger partial charge on any atom is 0.259 e. The van der Waals surface area contributed by atoms with Gasteiger partial charge in [0.15, 0.2) is 6.10 Å². The topological polar surface area (TPSA) is 59.4 Å². The lowest BCUT2D eigenvalue weighted by Gasteiger charge is -2.32. The fourth-order valence-electron chi connectivity index (χ4n) is 3.46. The van der Waals surface area contributed by atoms with Crippen LogP contribution < -0.4 is 5.32 Å². The summed E-state index contributed by atoms with van der Waals surface area (Å²) in [5.41, 5.74) is 0.767. The number of nitrogens with one attached hydrogen (secondary N) is 1. The van der Waals surface area contributed by atoms with E-state index in [4.69, 9.17) is 4.74 Å². The van der Waals surface area contributed by atoms with Crippen LogP contribution in [0.1, 0.15) is 30.6 Å². The zero-order chi connectivity index (χ0) is 19.2. The van der Waals surface area contributed by atoms with Gasteiger partial charge in [-0.25, -0.2) is 13.5 Å². The number of benzene rings is 1. The van der Waals surface area contributed by atoms with Gasteiger partial charge in [-0.15, -0.1) is 0 Å².